The summed E-state index contributed by atoms with van der Waals surface area (Å²) in [5, 5.41) is 0. The summed E-state index contributed by atoms with van der Waals surface area (Å²) in [6, 6.07) is 17.4. The van der Waals surface area contributed by atoms with Crippen LogP contribution in [0.15, 0.2) is 60.7 Å². The molecule has 0 atom stereocenters. The molecule has 0 nitrogen and oxygen atoms in total. The SMILES string of the molecule is C/C=C/c1cc(/C=C/Cc2ccccc2)ccc1C(C)(C)CC. The van der Waals surface area contributed by atoms with Crippen molar-refractivity contribution in [2.45, 2.75) is 46.0 Å². The average molecular weight is 304 g/mol. The maximum absolute atomic E-state index is 2.32. The van der Waals surface area contributed by atoms with E-state index >= 15 is 0 Å². The number of benzene rings is 2. The second kappa shape index (κ2) is 7.97. The molecule has 2 aromatic carbocycles. The Morgan fingerprint density at radius 1 is 0.957 bits per heavy atom. The van der Waals surface area contributed by atoms with E-state index in [0.717, 1.165) is 12.8 Å². The van der Waals surface area contributed by atoms with Crippen molar-refractivity contribution in [1.29, 1.82) is 0 Å². The standard InChI is InChI=1S/C23H28/c1-5-11-21-18-20(16-17-22(21)23(3,4)6-2)15-10-14-19-12-8-7-9-13-19/h5,7-13,15-18H,6,14H2,1-4H3/b11-5+,15-10+. The van der Waals surface area contributed by atoms with Crippen LogP contribution in [-0.2, 0) is 11.8 Å². The Balaban J connectivity index is 2.22. The first-order valence-electron chi connectivity index (χ1n) is 8.54. The van der Waals surface area contributed by atoms with Crippen molar-refractivity contribution in [3.63, 3.8) is 0 Å². The quantitative estimate of drug-likeness (QED) is 0.559. The van der Waals surface area contributed by atoms with E-state index in [1.165, 1.54) is 22.3 Å². The van der Waals surface area contributed by atoms with Crippen LogP contribution >= 0.6 is 0 Å². The lowest BCUT2D eigenvalue weighted by molar-refractivity contribution is 0.505. The van der Waals surface area contributed by atoms with Gasteiger partial charge in [-0.25, -0.2) is 0 Å². The van der Waals surface area contributed by atoms with E-state index in [1.807, 2.05) is 0 Å². The molecule has 0 heterocycles. The molecule has 0 aromatic heterocycles. The molecular formula is C23H28. The molecule has 0 amide bonds. The van der Waals surface area contributed by atoms with E-state index < -0.39 is 0 Å². The van der Waals surface area contributed by atoms with Crippen LogP contribution in [0.5, 0.6) is 0 Å². The van der Waals surface area contributed by atoms with Crippen LogP contribution < -0.4 is 0 Å². The third-order valence-electron chi connectivity index (χ3n) is 4.54. The highest BCUT2D eigenvalue weighted by atomic mass is 14.2. The van der Waals surface area contributed by atoms with Crippen LogP contribution in [0.3, 0.4) is 0 Å². The van der Waals surface area contributed by atoms with Gasteiger partial charge >= 0.3 is 0 Å². The van der Waals surface area contributed by atoms with Crippen LogP contribution in [0.1, 0.15) is 56.4 Å². The van der Waals surface area contributed by atoms with Crippen molar-refractivity contribution in [3.8, 4) is 0 Å². The Morgan fingerprint density at radius 2 is 1.70 bits per heavy atom. The van der Waals surface area contributed by atoms with Crippen LogP contribution in [0, 0.1) is 0 Å². The summed E-state index contributed by atoms with van der Waals surface area (Å²) in [7, 11) is 0. The van der Waals surface area contributed by atoms with E-state index in [4.69, 9.17) is 0 Å². The zero-order valence-corrected chi connectivity index (χ0v) is 14.8. The fraction of sp³-hybridized carbons (Fsp3) is 0.304. The topological polar surface area (TPSA) is 0 Å². The second-order valence-electron chi connectivity index (χ2n) is 6.68. The molecule has 2 aromatic rings. The Labute approximate surface area is 141 Å². The van der Waals surface area contributed by atoms with Gasteiger partial charge in [-0.1, -0.05) is 87.5 Å². The van der Waals surface area contributed by atoms with E-state index in [9.17, 15) is 0 Å². The van der Waals surface area contributed by atoms with E-state index in [2.05, 4.69) is 101 Å². The average Bonchev–Trinajstić information content (AvgIpc) is 2.56. The molecule has 0 saturated heterocycles. The van der Waals surface area contributed by atoms with Crippen molar-refractivity contribution in [2.75, 3.05) is 0 Å². The van der Waals surface area contributed by atoms with Crippen molar-refractivity contribution in [2.24, 2.45) is 0 Å². The van der Waals surface area contributed by atoms with Crippen molar-refractivity contribution >= 4 is 12.2 Å². The van der Waals surface area contributed by atoms with E-state index in [0.29, 0.717) is 0 Å². The van der Waals surface area contributed by atoms with Gasteiger partial charge in [0.05, 0.1) is 0 Å². The number of hydrogen-bond acceptors (Lipinski definition) is 0. The molecule has 0 aliphatic carbocycles. The van der Waals surface area contributed by atoms with Gasteiger partial charge in [-0.15, -0.1) is 0 Å². The molecular weight excluding hydrogens is 276 g/mol. The number of hydrogen-bond donors (Lipinski definition) is 0. The lowest BCUT2D eigenvalue weighted by Gasteiger charge is -2.26. The summed E-state index contributed by atoms with van der Waals surface area (Å²) in [5.74, 6) is 0. The molecule has 0 radical (unpaired) electrons. The van der Waals surface area contributed by atoms with Gasteiger partial charge in [-0.2, -0.15) is 0 Å². The summed E-state index contributed by atoms with van der Waals surface area (Å²) in [6.07, 6.45) is 10.9. The van der Waals surface area contributed by atoms with Gasteiger partial charge in [0.1, 0.15) is 0 Å². The van der Waals surface area contributed by atoms with Crippen LogP contribution in [0.25, 0.3) is 12.2 Å². The number of allylic oxidation sites excluding steroid dienone is 2. The Morgan fingerprint density at radius 3 is 2.35 bits per heavy atom. The minimum Gasteiger partial charge on any atom is -0.0871 e. The first-order chi connectivity index (χ1) is 11.1. The Hall–Kier alpha value is -2.08. The smallest absolute Gasteiger partial charge is 0.00941 e. The monoisotopic (exact) mass is 304 g/mol. The second-order valence-corrected chi connectivity index (χ2v) is 6.68. The summed E-state index contributed by atoms with van der Waals surface area (Å²) in [5.41, 5.74) is 5.59. The van der Waals surface area contributed by atoms with E-state index in [1.54, 1.807) is 0 Å². The van der Waals surface area contributed by atoms with E-state index in [-0.39, 0.29) is 5.41 Å². The molecule has 0 bridgehead atoms. The first-order valence-corrected chi connectivity index (χ1v) is 8.54. The highest BCUT2D eigenvalue weighted by Crippen LogP contribution is 2.31. The molecule has 0 N–H and O–H groups in total. The number of rotatable bonds is 6. The van der Waals surface area contributed by atoms with Gasteiger partial charge in [0.15, 0.2) is 0 Å². The van der Waals surface area contributed by atoms with Gasteiger partial charge in [0.25, 0.3) is 0 Å². The molecule has 0 unspecified atom stereocenters. The lowest BCUT2D eigenvalue weighted by atomic mass is 9.79. The highest BCUT2D eigenvalue weighted by Gasteiger charge is 2.20. The molecule has 0 aliphatic heterocycles. The fourth-order valence-corrected chi connectivity index (χ4v) is 2.75. The largest absolute Gasteiger partial charge is 0.0871 e. The van der Waals surface area contributed by atoms with Gasteiger partial charge in [-0.05, 0) is 53.5 Å². The third-order valence-corrected chi connectivity index (χ3v) is 4.54. The highest BCUT2D eigenvalue weighted by molar-refractivity contribution is 5.62. The minimum absolute atomic E-state index is 0.209. The Kier molecular flexibility index (Phi) is 5.98. The van der Waals surface area contributed by atoms with Crippen LogP contribution in [-0.4, -0.2) is 0 Å². The van der Waals surface area contributed by atoms with Gasteiger partial charge in [-0.3, -0.25) is 0 Å². The normalized spacial score (nSPS) is 12.3. The first kappa shape index (κ1) is 17.3. The maximum Gasteiger partial charge on any atom is -0.00941 e. The fourth-order valence-electron chi connectivity index (χ4n) is 2.75. The molecule has 0 heteroatoms. The molecule has 0 aliphatic rings. The maximum atomic E-state index is 2.32. The van der Waals surface area contributed by atoms with Crippen molar-refractivity contribution in [3.05, 3.63) is 82.9 Å². The Bertz CT molecular complexity index is 672. The molecule has 23 heavy (non-hydrogen) atoms. The summed E-state index contributed by atoms with van der Waals surface area (Å²) in [4.78, 5) is 0. The van der Waals surface area contributed by atoms with Crippen molar-refractivity contribution in [1.82, 2.24) is 0 Å². The van der Waals surface area contributed by atoms with Crippen LogP contribution in [0.4, 0.5) is 0 Å². The molecule has 0 fully saturated rings. The summed E-state index contributed by atoms with van der Waals surface area (Å²) >= 11 is 0. The molecule has 120 valence electrons. The van der Waals surface area contributed by atoms with Crippen molar-refractivity contribution < 1.29 is 0 Å². The van der Waals surface area contributed by atoms with Gasteiger partial charge in [0, 0.05) is 0 Å². The summed E-state index contributed by atoms with van der Waals surface area (Å²) in [6.45, 7) is 8.98. The lowest BCUT2D eigenvalue weighted by Crippen LogP contribution is -2.17. The summed E-state index contributed by atoms with van der Waals surface area (Å²) < 4.78 is 0. The molecule has 2 rings (SSSR count). The van der Waals surface area contributed by atoms with Gasteiger partial charge in [0.2, 0.25) is 0 Å². The third kappa shape index (κ3) is 4.69. The molecule has 0 saturated carbocycles. The predicted octanol–water partition coefficient (Wildman–Crippen LogP) is 6.66. The minimum atomic E-state index is 0.209. The zero-order valence-electron chi connectivity index (χ0n) is 14.8. The predicted molar refractivity (Wildman–Crippen MR) is 104 cm³/mol. The van der Waals surface area contributed by atoms with Gasteiger partial charge < -0.3 is 0 Å². The van der Waals surface area contributed by atoms with Crippen LogP contribution in [0.2, 0.25) is 0 Å². The molecule has 0 spiro atoms. The zero-order chi connectivity index (χ0) is 16.7.